The number of ether oxygens (including phenoxy) is 1. The number of nitrogens with zero attached hydrogens (tertiary/aromatic N) is 3. The summed E-state index contributed by atoms with van der Waals surface area (Å²) in [5, 5.41) is 0. The molecule has 0 aliphatic carbocycles. The van der Waals surface area contributed by atoms with Crippen LogP contribution in [0.3, 0.4) is 0 Å². The van der Waals surface area contributed by atoms with Gasteiger partial charge < -0.3 is 14.5 Å². The minimum absolute atomic E-state index is 0.0000924. The maximum absolute atomic E-state index is 12.6. The van der Waals surface area contributed by atoms with Crippen molar-refractivity contribution in [3.8, 4) is 11.5 Å². The summed E-state index contributed by atoms with van der Waals surface area (Å²) in [5.74, 6) is 1.73. The average molecular weight is 420 g/mol. The van der Waals surface area contributed by atoms with Gasteiger partial charge in [-0.2, -0.15) is 0 Å². The molecular formula is C25H29N3O3. The van der Waals surface area contributed by atoms with E-state index in [0.717, 1.165) is 56.1 Å². The molecule has 4 rings (SSSR count). The fourth-order valence-corrected chi connectivity index (χ4v) is 3.96. The molecule has 0 N–H and O–H groups in total. The van der Waals surface area contributed by atoms with Crippen molar-refractivity contribution in [2.24, 2.45) is 0 Å². The van der Waals surface area contributed by atoms with E-state index in [0.29, 0.717) is 19.6 Å². The largest absolute Gasteiger partial charge is 0.457 e. The predicted molar refractivity (Wildman–Crippen MR) is 121 cm³/mol. The summed E-state index contributed by atoms with van der Waals surface area (Å²) in [6, 6.07) is 17.3. The van der Waals surface area contributed by atoms with E-state index in [1.807, 2.05) is 70.5 Å². The first kappa shape index (κ1) is 21.1. The van der Waals surface area contributed by atoms with Crippen LogP contribution in [-0.2, 0) is 9.59 Å². The maximum atomic E-state index is 12.6. The molecule has 6 heteroatoms. The van der Waals surface area contributed by atoms with Crippen LogP contribution in [0.1, 0.15) is 18.4 Å². The summed E-state index contributed by atoms with van der Waals surface area (Å²) >= 11 is 0. The molecule has 2 heterocycles. The van der Waals surface area contributed by atoms with Crippen LogP contribution in [0.2, 0.25) is 0 Å². The Morgan fingerprint density at radius 2 is 1.52 bits per heavy atom. The van der Waals surface area contributed by atoms with E-state index in [2.05, 4.69) is 4.90 Å². The van der Waals surface area contributed by atoms with Crippen molar-refractivity contribution in [2.45, 2.75) is 12.8 Å². The van der Waals surface area contributed by atoms with Crippen molar-refractivity contribution in [1.29, 1.82) is 0 Å². The zero-order chi connectivity index (χ0) is 21.5. The van der Waals surface area contributed by atoms with Gasteiger partial charge in [0, 0.05) is 45.3 Å². The number of rotatable bonds is 6. The number of benzene rings is 2. The Kier molecular flexibility index (Phi) is 6.99. The molecule has 2 amide bonds. The molecular weight excluding hydrogens is 390 g/mol. The Balaban J connectivity index is 1.26. The molecule has 31 heavy (non-hydrogen) atoms. The smallest absolute Gasteiger partial charge is 0.246 e. The third-order valence-electron chi connectivity index (χ3n) is 5.76. The molecule has 0 bridgehead atoms. The summed E-state index contributed by atoms with van der Waals surface area (Å²) < 4.78 is 5.86. The van der Waals surface area contributed by atoms with Crippen molar-refractivity contribution >= 4 is 17.9 Å². The molecule has 162 valence electrons. The summed E-state index contributed by atoms with van der Waals surface area (Å²) in [7, 11) is 0. The lowest BCUT2D eigenvalue weighted by Gasteiger charge is -2.34. The van der Waals surface area contributed by atoms with Crippen molar-refractivity contribution in [1.82, 2.24) is 14.7 Å². The predicted octanol–water partition coefficient (Wildman–Crippen LogP) is 3.26. The van der Waals surface area contributed by atoms with Crippen LogP contribution in [0.5, 0.6) is 11.5 Å². The van der Waals surface area contributed by atoms with Crippen molar-refractivity contribution in [2.75, 3.05) is 45.8 Å². The number of piperazine rings is 1. The molecule has 0 aromatic heterocycles. The van der Waals surface area contributed by atoms with Crippen molar-refractivity contribution in [3.05, 3.63) is 66.2 Å². The molecule has 6 nitrogen and oxygen atoms in total. The zero-order valence-corrected chi connectivity index (χ0v) is 17.8. The van der Waals surface area contributed by atoms with Crippen LogP contribution in [0.4, 0.5) is 0 Å². The molecule has 0 spiro atoms. The molecule has 2 fully saturated rings. The average Bonchev–Trinajstić information content (AvgIpc) is 3.34. The third-order valence-corrected chi connectivity index (χ3v) is 5.76. The van der Waals surface area contributed by atoms with E-state index < -0.39 is 0 Å². The molecule has 2 aliphatic heterocycles. The third kappa shape index (κ3) is 5.95. The van der Waals surface area contributed by atoms with E-state index in [1.54, 1.807) is 6.08 Å². The fourth-order valence-electron chi connectivity index (χ4n) is 3.96. The number of hydrogen-bond donors (Lipinski definition) is 0. The molecule has 2 saturated heterocycles. The molecule has 2 aliphatic rings. The minimum Gasteiger partial charge on any atom is -0.457 e. The second-order valence-corrected chi connectivity index (χ2v) is 8.01. The van der Waals surface area contributed by atoms with Gasteiger partial charge in [-0.3, -0.25) is 14.5 Å². The topological polar surface area (TPSA) is 53.1 Å². The normalized spacial score (nSPS) is 17.3. The highest BCUT2D eigenvalue weighted by molar-refractivity contribution is 5.92. The number of carbonyl (C=O) groups is 2. The highest BCUT2D eigenvalue weighted by atomic mass is 16.5. The monoisotopic (exact) mass is 419 g/mol. The van der Waals surface area contributed by atoms with Crippen LogP contribution < -0.4 is 4.74 Å². The van der Waals surface area contributed by atoms with Crippen LogP contribution in [-0.4, -0.2) is 72.3 Å². The minimum atomic E-state index is -0.0000924. The lowest BCUT2D eigenvalue weighted by atomic mass is 10.2. The first-order valence-corrected chi connectivity index (χ1v) is 11.0. The summed E-state index contributed by atoms with van der Waals surface area (Å²) in [5.41, 5.74) is 0.914. The molecule has 2 aromatic rings. The Hall–Kier alpha value is -3.12. The van der Waals surface area contributed by atoms with Gasteiger partial charge in [-0.15, -0.1) is 0 Å². The Morgan fingerprint density at radius 1 is 0.806 bits per heavy atom. The van der Waals surface area contributed by atoms with Crippen molar-refractivity contribution < 1.29 is 14.3 Å². The van der Waals surface area contributed by atoms with Gasteiger partial charge in [-0.05, 0) is 48.7 Å². The van der Waals surface area contributed by atoms with E-state index in [1.165, 1.54) is 0 Å². The number of amides is 2. The van der Waals surface area contributed by atoms with Gasteiger partial charge in [-0.25, -0.2) is 0 Å². The molecule has 0 unspecified atom stereocenters. The lowest BCUT2D eigenvalue weighted by molar-refractivity contribution is -0.132. The van der Waals surface area contributed by atoms with Crippen LogP contribution in [0.15, 0.2) is 60.7 Å². The summed E-state index contributed by atoms with van der Waals surface area (Å²) in [6.07, 6.45) is 5.67. The summed E-state index contributed by atoms with van der Waals surface area (Å²) in [6.45, 7) is 5.01. The van der Waals surface area contributed by atoms with Gasteiger partial charge in [0.1, 0.15) is 11.5 Å². The Morgan fingerprint density at radius 3 is 2.26 bits per heavy atom. The second-order valence-electron chi connectivity index (χ2n) is 8.01. The van der Waals surface area contributed by atoms with Crippen molar-refractivity contribution in [3.63, 3.8) is 0 Å². The first-order chi connectivity index (χ1) is 15.2. The molecule has 0 saturated carbocycles. The van der Waals surface area contributed by atoms with Gasteiger partial charge in [-0.1, -0.05) is 30.3 Å². The van der Waals surface area contributed by atoms with E-state index in [4.69, 9.17) is 4.74 Å². The SMILES string of the molecule is O=C(/C=C/c1cccc(Oc2ccccc2)c1)N1CCN(CC(=O)N2CCCC2)CC1. The molecule has 2 aromatic carbocycles. The van der Waals surface area contributed by atoms with Crippen LogP contribution in [0, 0.1) is 0 Å². The van der Waals surface area contributed by atoms with Gasteiger partial charge in [0.2, 0.25) is 11.8 Å². The van der Waals surface area contributed by atoms with Crippen LogP contribution >= 0.6 is 0 Å². The van der Waals surface area contributed by atoms with E-state index >= 15 is 0 Å². The molecule has 0 radical (unpaired) electrons. The zero-order valence-electron chi connectivity index (χ0n) is 17.8. The highest BCUT2D eigenvalue weighted by Gasteiger charge is 2.24. The van der Waals surface area contributed by atoms with Gasteiger partial charge >= 0.3 is 0 Å². The van der Waals surface area contributed by atoms with E-state index in [-0.39, 0.29) is 11.8 Å². The van der Waals surface area contributed by atoms with Gasteiger partial charge in [0.15, 0.2) is 0 Å². The second kappa shape index (κ2) is 10.3. The maximum Gasteiger partial charge on any atom is 0.246 e. The molecule has 0 atom stereocenters. The standard InChI is InChI=1S/C25H29N3O3/c29-24(28-17-15-26(16-18-28)20-25(30)27-13-4-5-14-27)12-11-21-7-6-10-23(19-21)31-22-8-2-1-3-9-22/h1-3,6-12,19H,4-5,13-18,20H2/b12-11+. The Bertz CT molecular complexity index is 915. The summed E-state index contributed by atoms with van der Waals surface area (Å²) in [4.78, 5) is 30.9. The van der Waals surface area contributed by atoms with Gasteiger partial charge in [0.25, 0.3) is 0 Å². The lowest BCUT2D eigenvalue weighted by Crippen LogP contribution is -2.51. The van der Waals surface area contributed by atoms with E-state index in [9.17, 15) is 9.59 Å². The number of carbonyl (C=O) groups excluding carboxylic acids is 2. The first-order valence-electron chi connectivity index (χ1n) is 11.0. The number of para-hydroxylation sites is 1. The quantitative estimate of drug-likeness (QED) is 0.675. The highest BCUT2D eigenvalue weighted by Crippen LogP contribution is 2.22. The number of hydrogen-bond acceptors (Lipinski definition) is 4. The van der Waals surface area contributed by atoms with Crippen LogP contribution in [0.25, 0.3) is 6.08 Å². The van der Waals surface area contributed by atoms with Gasteiger partial charge in [0.05, 0.1) is 6.54 Å². The number of likely N-dealkylation sites (tertiary alicyclic amines) is 1. The Labute approximate surface area is 183 Å². The fraction of sp³-hybridized carbons (Fsp3) is 0.360.